The SMILES string of the molecule is OC[C@@H]1C[C@H](O)[C@@H](O)[C@H](Oc2cccc3n[nH]c(CCc4ccc5occc5c4)c23)O1. The maximum absolute atomic E-state index is 10.3. The van der Waals surface area contributed by atoms with Crippen LogP contribution in [0.2, 0.25) is 0 Å². The first-order valence-corrected chi connectivity index (χ1v) is 10.3. The van der Waals surface area contributed by atoms with E-state index in [0.717, 1.165) is 34.0 Å². The summed E-state index contributed by atoms with van der Waals surface area (Å²) in [4.78, 5) is 0. The van der Waals surface area contributed by atoms with E-state index in [1.807, 2.05) is 30.3 Å². The minimum atomic E-state index is -1.21. The normalized spacial score (nSPS) is 24.1. The van der Waals surface area contributed by atoms with Crippen LogP contribution in [-0.2, 0) is 17.6 Å². The van der Waals surface area contributed by atoms with Crippen LogP contribution in [0.4, 0.5) is 0 Å². The molecule has 1 aliphatic heterocycles. The number of furan rings is 1. The summed E-state index contributed by atoms with van der Waals surface area (Å²) in [5.41, 5.74) is 3.68. The van der Waals surface area contributed by atoms with Crippen LogP contribution in [0.25, 0.3) is 21.9 Å². The lowest BCUT2D eigenvalue weighted by Gasteiger charge is -2.36. The quantitative estimate of drug-likeness (QED) is 0.375. The van der Waals surface area contributed by atoms with Crippen molar-refractivity contribution >= 4 is 21.9 Å². The Hall–Kier alpha value is -2.91. The highest BCUT2D eigenvalue weighted by Gasteiger charge is 2.38. The van der Waals surface area contributed by atoms with Gasteiger partial charge in [0.15, 0.2) is 0 Å². The van der Waals surface area contributed by atoms with Crippen molar-refractivity contribution in [3.8, 4) is 5.75 Å². The van der Waals surface area contributed by atoms with E-state index >= 15 is 0 Å². The molecule has 3 heterocycles. The Balaban J connectivity index is 1.39. The standard InChI is InChI=1S/C23H24N2O6/c26-12-15-11-18(27)22(28)23(30-15)31-20-3-1-2-16-21(20)17(25-24-16)6-4-13-5-7-19-14(10-13)8-9-29-19/h1-3,5,7-10,15,18,22-23,26-28H,4,6,11-12H2,(H,24,25)/t15-,18-,22+,23-/m0/s1. The maximum Gasteiger partial charge on any atom is 0.229 e. The molecule has 8 nitrogen and oxygen atoms in total. The van der Waals surface area contributed by atoms with Gasteiger partial charge in [-0.3, -0.25) is 5.10 Å². The van der Waals surface area contributed by atoms with Crippen molar-refractivity contribution < 1.29 is 29.2 Å². The number of nitrogens with one attached hydrogen (secondary N) is 1. The molecule has 2 aromatic carbocycles. The van der Waals surface area contributed by atoms with Crippen LogP contribution in [0, 0.1) is 0 Å². The Kier molecular flexibility index (Phi) is 5.37. The van der Waals surface area contributed by atoms with Gasteiger partial charge in [-0.05, 0) is 48.7 Å². The molecule has 2 aromatic heterocycles. The van der Waals surface area contributed by atoms with Crippen LogP contribution in [0.15, 0.2) is 53.1 Å². The fourth-order valence-electron chi connectivity index (χ4n) is 4.08. The molecule has 0 bridgehead atoms. The van der Waals surface area contributed by atoms with Crippen molar-refractivity contribution in [3.63, 3.8) is 0 Å². The van der Waals surface area contributed by atoms with Crippen molar-refractivity contribution in [2.75, 3.05) is 6.61 Å². The molecule has 0 unspecified atom stereocenters. The van der Waals surface area contributed by atoms with Gasteiger partial charge >= 0.3 is 0 Å². The van der Waals surface area contributed by atoms with E-state index in [1.165, 1.54) is 5.56 Å². The highest BCUT2D eigenvalue weighted by molar-refractivity contribution is 5.87. The summed E-state index contributed by atoms with van der Waals surface area (Å²) in [7, 11) is 0. The molecule has 5 rings (SSSR count). The van der Waals surface area contributed by atoms with E-state index in [2.05, 4.69) is 16.3 Å². The minimum absolute atomic E-state index is 0.152. The maximum atomic E-state index is 10.3. The van der Waals surface area contributed by atoms with Gasteiger partial charge in [0.05, 0.1) is 36.0 Å². The third kappa shape index (κ3) is 3.90. The molecule has 8 heteroatoms. The van der Waals surface area contributed by atoms with Crippen LogP contribution >= 0.6 is 0 Å². The van der Waals surface area contributed by atoms with Gasteiger partial charge in [0.2, 0.25) is 6.29 Å². The van der Waals surface area contributed by atoms with E-state index < -0.39 is 24.6 Å². The Morgan fingerprint density at radius 2 is 2.03 bits per heavy atom. The number of aromatic nitrogens is 2. The molecule has 1 fully saturated rings. The molecule has 1 aliphatic rings. The van der Waals surface area contributed by atoms with Gasteiger partial charge in [0, 0.05) is 17.5 Å². The van der Waals surface area contributed by atoms with Crippen molar-refractivity contribution in [2.24, 2.45) is 0 Å². The molecule has 4 aromatic rings. The fraction of sp³-hybridized carbons (Fsp3) is 0.348. The second kappa shape index (κ2) is 8.32. The number of hydrogen-bond donors (Lipinski definition) is 4. The molecule has 4 N–H and O–H groups in total. The van der Waals surface area contributed by atoms with E-state index in [1.54, 1.807) is 12.3 Å². The van der Waals surface area contributed by atoms with Gasteiger partial charge in [0.25, 0.3) is 0 Å². The lowest BCUT2D eigenvalue weighted by atomic mass is 10.0. The van der Waals surface area contributed by atoms with Crippen LogP contribution in [0.3, 0.4) is 0 Å². The van der Waals surface area contributed by atoms with Gasteiger partial charge < -0.3 is 29.2 Å². The number of hydrogen-bond acceptors (Lipinski definition) is 7. The summed E-state index contributed by atoms with van der Waals surface area (Å²) in [6.07, 6.45) is -0.592. The molecule has 0 amide bonds. The number of fused-ring (bicyclic) bond motifs is 2. The van der Waals surface area contributed by atoms with E-state index in [9.17, 15) is 15.3 Å². The van der Waals surface area contributed by atoms with Gasteiger partial charge in [0.1, 0.15) is 17.4 Å². The molecule has 0 saturated carbocycles. The average molecular weight is 424 g/mol. The molecule has 31 heavy (non-hydrogen) atoms. The zero-order valence-corrected chi connectivity index (χ0v) is 16.8. The lowest BCUT2D eigenvalue weighted by molar-refractivity contribution is -0.240. The number of benzene rings is 2. The van der Waals surface area contributed by atoms with Crippen molar-refractivity contribution in [2.45, 2.75) is 43.9 Å². The summed E-state index contributed by atoms with van der Waals surface area (Å²) >= 11 is 0. The summed E-state index contributed by atoms with van der Waals surface area (Å²) in [6, 6.07) is 13.5. The predicted molar refractivity (Wildman–Crippen MR) is 113 cm³/mol. The highest BCUT2D eigenvalue weighted by Crippen LogP contribution is 2.31. The largest absolute Gasteiger partial charge is 0.464 e. The van der Waals surface area contributed by atoms with E-state index in [4.69, 9.17) is 13.9 Å². The second-order valence-corrected chi connectivity index (χ2v) is 7.87. The van der Waals surface area contributed by atoms with Gasteiger partial charge in [-0.25, -0.2) is 0 Å². The van der Waals surface area contributed by atoms with Gasteiger partial charge in [-0.15, -0.1) is 0 Å². The summed E-state index contributed by atoms with van der Waals surface area (Å²) in [5, 5.41) is 39.1. The Morgan fingerprint density at radius 3 is 2.90 bits per heavy atom. The third-order valence-electron chi connectivity index (χ3n) is 5.75. The molecule has 1 saturated heterocycles. The first-order chi connectivity index (χ1) is 15.1. The summed E-state index contributed by atoms with van der Waals surface area (Å²) in [6.45, 7) is -0.258. The van der Waals surface area contributed by atoms with Crippen LogP contribution in [0.5, 0.6) is 5.75 Å². The fourth-order valence-corrected chi connectivity index (χ4v) is 4.08. The first-order valence-electron chi connectivity index (χ1n) is 10.3. The number of aryl methyl sites for hydroxylation is 2. The molecule has 0 aliphatic carbocycles. The van der Waals surface area contributed by atoms with E-state index in [0.29, 0.717) is 12.2 Å². The number of aliphatic hydroxyl groups excluding tert-OH is 3. The summed E-state index contributed by atoms with van der Waals surface area (Å²) < 4.78 is 17.0. The molecular weight excluding hydrogens is 400 g/mol. The number of aliphatic hydroxyl groups is 3. The lowest BCUT2D eigenvalue weighted by Crippen LogP contribution is -2.51. The van der Waals surface area contributed by atoms with Gasteiger partial charge in [-0.1, -0.05) is 12.1 Å². The predicted octanol–water partition coefficient (Wildman–Crippen LogP) is 2.30. The number of rotatable bonds is 6. The highest BCUT2D eigenvalue weighted by atomic mass is 16.7. The van der Waals surface area contributed by atoms with Crippen molar-refractivity contribution in [1.82, 2.24) is 10.2 Å². The smallest absolute Gasteiger partial charge is 0.229 e. The Labute approximate surface area is 178 Å². The van der Waals surface area contributed by atoms with E-state index in [-0.39, 0.29) is 13.0 Å². The number of nitrogens with zero attached hydrogens (tertiary/aromatic N) is 1. The van der Waals surface area contributed by atoms with Gasteiger partial charge in [-0.2, -0.15) is 5.10 Å². The minimum Gasteiger partial charge on any atom is -0.464 e. The molecule has 162 valence electrons. The summed E-state index contributed by atoms with van der Waals surface area (Å²) in [5.74, 6) is 0.501. The topological polar surface area (TPSA) is 121 Å². The van der Waals surface area contributed by atoms with Crippen molar-refractivity contribution in [3.05, 3.63) is 60.0 Å². The zero-order valence-electron chi connectivity index (χ0n) is 16.8. The number of ether oxygens (including phenoxy) is 2. The number of H-pyrrole nitrogens is 1. The zero-order chi connectivity index (χ0) is 21.4. The molecule has 0 spiro atoms. The van der Waals surface area contributed by atoms with Crippen LogP contribution in [0.1, 0.15) is 17.7 Å². The molecule has 0 radical (unpaired) electrons. The Morgan fingerprint density at radius 1 is 1.13 bits per heavy atom. The average Bonchev–Trinajstić information content (AvgIpc) is 3.42. The third-order valence-corrected chi connectivity index (χ3v) is 5.75. The van der Waals surface area contributed by atoms with Crippen LogP contribution < -0.4 is 4.74 Å². The monoisotopic (exact) mass is 424 g/mol. The second-order valence-electron chi connectivity index (χ2n) is 7.87. The number of aromatic amines is 1. The molecule has 4 atom stereocenters. The Bertz CT molecular complexity index is 1190. The van der Waals surface area contributed by atoms with Crippen molar-refractivity contribution in [1.29, 1.82) is 0 Å². The first kappa shape index (κ1) is 20.0. The van der Waals surface area contributed by atoms with Crippen LogP contribution in [-0.4, -0.2) is 56.7 Å². The molecular formula is C23H24N2O6.